The van der Waals surface area contributed by atoms with Gasteiger partial charge in [-0.25, -0.2) is 4.98 Å². The number of hydrogen-bond donors (Lipinski definition) is 1. The van der Waals surface area contributed by atoms with Crippen molar-refractivity contribution in [3.63, 3.8) is 0 Å². The smallest absolute Gasteiger partial charge is 0.188 e. The van der Waals surface area contributed by atoms with Crippen LogP contribution in [0.3, 0.4) is 0 Å². The van der Waals surface area contributed by atoms with Gasteiger partial charge in [-0.05, 0) is 30.2 Å². The van der Waals surface area contributed by atoms with Crippen molar-refractivity contribution < 1.29 is 4.74 Å². The molecule has 1 atom stereocenters. The molecule has 1 aromatic carbocycles. The first-order chi connectivity index (χ1) is 12.2. The third-order valence-electron chi connectivity index (χ3n) is 5.45. The molecule has 0 bridgehead atoms. The van der Waals surface area contributed by atoms with Crippen molar-refractivity contribution in [2.75, 3.05) is 6.61 Å². The zero-order valence-electron chi connectivity index (χ0n) is 14.2. The van der Waals surface area contributed by atoms with E-state index < -0.39 is 0 Å². The SMILES string of the molecule is C=C1C2=C(C=C3c4nc5ccccc5cc4CN13)C(CC)C(=N)OC2. The first-order valence-corrected chi connectivity index (χ1v) is 8.69. The predicted molar refractivity (Wildman–Crippen MR) is 98.9 cm³/mol. The number of para-hydroxylation sites is 1. The van der Waals surface area contributed by atoms with E-state index in [1.54, 1.807) is 0 Å². The summed E-state index contributed by atoms with van der Waals surface area (Å²) in [4.78, 5) is 7.16. The Morgan fingerprint density at radius 3 is 3.04 bits per heavy atom. The van der Waals surface area contributed by atoms with E-state index in [1.807, 2.05) is 12.1 Å². The molecule has 5 rings (SSSR count). The number of aromatic nitrogens is 1. The number of hydrogen-bond acceptors (Lipinski definition) is 4. The van der Waals surface area contributed by atoms with E-state index in [1.165, 1.54) is 16.5 Å². The van der Waals surface area contributed by atoms with Crippen molar-refractivity contribution in [3.8, 4) is 0 Å². The highest BCUT2D eigenvalue weighted by atomic mass is 16.5. The van der Waals surface area contributed by atoms with Crippen molar-refractivity contribution >= 4 is 22.5 Å². The second-order valence-corrected chi connectivity index (χ2v) is 6.80. The molecule has 2 aromatic rings. The Morgan fingerprint density at radius 2 is 2.20 bits per heavy atom. The van der Waals surface area contributed by atoms with Gasteiger partial charge in [0, 0.05) is 22.2 Å². The molecule has 0 saturated heterocycles. The summed E-state index contributed by atoms with van der Waals surface area (Å²) in [6, 6.07) is 10.5. The largest absolute Gasteiger partial charge is 0.476 e. The van der Waals surface area contributed by atoms with Gasteiger partial charge in [-0.2, -0.15) is 0 Å². The van der Waals surface area contributed by atoms with Gasteiger partial charge in [-0.3, -0.25) is 5.41 Å². The van der Waals surface area contributed by atoms with Gasteiger partial charge in [0.2, 0.25) is 0 Å². The minimum Gasteiger partial charge on any atom is -0.476 e. The fourth-order valence-corrected chi connectivity index (χ4v) is 4.11. The monoisotopic (exact) mass is 329 g/mol. The second kappa shape index (κ2) is 5.06. The molecule has 4 heteroatoms. The number of fused-ring (bicyclic) bond motifs is 4. The van der Waals surface area contributed by atoms with E-state index in [4.69, 9.17) is 15.1 Å². The average Bonchev–Trinajstić information content (AvgIpc) is 2.98. The molecular formula is C21H19N3O. The van der Waals surface area contributed by atoms with E-state index in [0.717, 1.165) is 41.1 Å². The van der Waals surface area contributed by atoms with Crippen LogP contribution >= 0.6 is 0 Å². The molecule has 124 valence electrons. The third kappa shape index (κ3) is 1.94. The van der Waals surface area contributed by atoms with Gasteiger partial charge in [-0.15, -0.1) is 0 Å². The molecule has 0 spiro atoms. The van der Waals surface area contributed by atoms with E-state index in [0.29, 0.717) is 12.5 Å². The molecule has 25 heavy (non-hydrogen) atoms. The molecule has 0 radical (unpaired) electrons. The van der Waals surface area contributed by atoms with Crippen LogP contribution in [-0.4, -0.2) is 22.4 Å². The number of benzene rings is 1. The summed E-state index contributed by atoms with van der Waals surface area (Å²) in [7, 11) is 0. The number of rotatable bonds is 1. The molecule has 1 N–H and O–H groups in total. The van der Waals surface area contributed by atoms with Crippen LogP contribution in [0.4, 0.5) is 0 Å². The van der Waals surface area contributed by atoms with Crippen LogP contribution in [0.15, 0.2) is 59.8 Å². The van der Waals surface area contributed by atoms with E-state index in [-0.39, 0.29) is 5.92 Å². The number of nitrogens with zero attached hydrogens (tertiary/aromatic N) is 2. The van der Waals surface area contributed by atoms with Crippen molar-refractivity contribution in [2.24, 2.45) is 5.92 Å². The summed E-state index contributed by atoms with van der Waals surface area (Å²) >= 11 is 0. The highest BCUT2D eigenvalue weighted by Gasteiger charge is 2.37. The Balaban J connectivity index is 1.71. The molecule has 1 aromatic heterocycles. The molecule has 3 aliphatic rings. The van der Waals surface area contributed by atoms with Crippen molar-refractivity contribution in [1.29, 1.82) is 5.41 Å². The molecule has 3 aliphatic heterocycles. The summed E-state index contributed by atoms with van der Waals surface area (Å²) in [5.41, 5.74) is 7.69. The summed E-state index contributed by atoms with van der Waals surface area (Å²) in [6.45, 7) is 7.67. The first-order valence-electron chi connectivity index (χ1n) is 8.69. The number of pyridine rings is 1. The van der Waals surface area contributed by atoms with E-state index in [9.17, 15) is 0 Å². The molecule has 0 saturated carbocycles. The quantitative estimate of drug-likeness (QED) is 0.851. The molecule has 0 fully saturated rings. The third-order valence-corrected chi connectivity index (χ3v) is 5.45. The van der Waals surface area contributed by atoms with Crippen LogP contribution in [0.5, 0.6) is 0 Å². The van der Waals surface area contributed by atoms with Crippen molar-refractivity contribution in [2.45, 2.75) is 19.9 Å². The Bertz CT molecular complexity index is 1010. The Kier molecular flexibility index (Phi) is 2.93. The molecule has 0 amide bonds. The van der Waals surface area contributed by atoms with Gasteiger partial charge in [0.25, 0.3) is 0 Å². The molecule has 4 heterocycles. The summed E-state index contributed by atoms with van der Waals surface area (Å²) in [5, 5.41) is 9.30. The van der Waals surface area contributed by atoms with Gasteiger partial charge < -0.3 is 9.64 Å². The maximum absolute atomic E-state index is 8.13. The Morgan fingerprint density at radius 1 is 1.36 bits per heavy atom. The van der Waals surface area contributed by atoms with Crippen molar-refractivity contribution in [1.82, 2.24) is 9.88 Å². The lowest BCUT2D eigenvalue weighted by Gasteiger charge is -2.36. The molecule has 0 aliphatic carbocycles. The van der Waals surface area contributed by atoms with E-state index >= 15 is 0 Å². The van der Waals surface area contributed by atoms with Gasteiger partial charge >= 0.3 is 0 Å². The van der Waals surface area contributed by atoms with Crippen LogP contribution in [0.1, 0.15) is 24.6 Å². The summed E-state index contributed by atoms with van der Waals surface area (Å²) in [6.07, 6.45) is 3.07. The lowest BCUT2D eigenvalue weighted by atomic mass is 9.85. The predicted octanol–water partition coefficient (Wildman–Crippen LogP) is 4.25. The lowest BCUT2D eigenvalue weighted by molar-refractivity contribution is 0.290. The van der Waals surface area contributed by atoms with Crippen LogP contribution in [0, 0.1) is 11.3 Å². The zero-order valence-corrected chi connectivity index (χ0v) is 14.2. The lowest BCUT2D eigenvalue weighted by Crippen LogP contribution is -2.32. The number of allylic oxidation sites excluding steroid dienone is 1. The van der Waals surface area contributed by atoms with Crippen LogP contribution in [-0.2, 0) is 11.3 Å². The summed E-state index contributed by atoms with van der Waals surface area (Å²) in [5.74, 6) is 0.378. The van der Waals surface area contributed by atoms with Gasteiger partial charge in [0.15, 0.2) is 5.90 Å². The molecule has 1 unspecified atom stereocenters. The standard InChI is InChI=1S/C21H19N3O/c1-3-15-16-9-19-20-14(8-13-6-4-5-7-18(13)23-20)10-24(19)12(2)17(16)11-25-21(15)22/h4-9,15,22H,2-3,10-11H2,1H3. The van der Waals surface area contributed by atoms with Gasteiger partial charge in [-0.1, -0.05) is 31.7 Å². The number of nitrogens with one attached hydrogen (secondary N) is 1. The maximum atomic E-state index is 8.13. The highest BCUT2D eigenvalue weighted by molar-refractivity contribution is 5.88. The maximum Gasteiger partial charge on any atom is 0.188 e. The Labute approximate surface area is 146 Å². The van der Waals surface area contributed by atoms with Crippen LogP contribution < -0.4 is 0 Å². The average molecular weight is 329 g/mol. The first kappa shape index (κ1) is 14.5. The normalized spacial score (nSPS) is 21.7. The minimum atomic E-state index is 0.0136. The second-order valence-electron chi connectivity index (χ2n) is 6.80. The van der Waals surface area contributed by atoms with Gasteiger partial charge in [0.05, 0.1) is 29.4 Å². The fraction of sp³-hybridized carbons (Fsp3) is 0.238. The minimum absolute atomic E-state index is 0.0136. The van der Waals surface area contributed by atoms with E-state index in [2.05, 4.69) is 42.7 Å². The highest BCUT2D eigenvalue weighted by Crippen LogP contribution is 2.45. The zero-order chi connectivity index (χ0) is 17.1. The van der Waals surface area contributed by atoms with Crippen molar-refractivity contribution in [3.05, 3.63) is 71.1 Å². The fourth-order valence-electron chi connectivity index (χ4n) is 4.11. The Hall–Kier alpha value is -2.88. The molecule has 4 nitrogen and oxygen atoms in total. The topological polar surface area (TPSA) is 49.2 Å². The summed E-state index contributed by atoms with van der Waals surface area (Å²) < 4.78 is 5.60. The van der Waals surface area contributed by atoms with Crippen LogP contribution in [0.25, 0.3) is 16.6 Å². The number of ether oxygens (including phenoxy) is 1. The van der Waals surface area contributed by atoms with Crippen LogP contribution in [0.2, 0.25) is 0 Å². The molecular weight excluding hydrogens is 310 g/mol. The van der Waals surface area contributed by atoms with Gasteiger partial charge in [0.1, 0.15) is 6.61 Å².